The lowest BCUT2D eigenvalue weighted by molar-refractivity contribution is -0.137. The van der Waals surface area contributed by atoms with Gasteiger partial charge in [-0.25, -0.2) is 0 Å². The summed E-state index contributed by atoms with van der Waals surface area (Å²) in [5, 5.41) is 9.45. The maximum absolute atomic E-state index is 12.0. The monoisotopic (exact) mass is 349 g/mol. The molecule has 1 rings (SSSR count). The van der Waals surface area contributed by atoms with Crippen molar-refractivity contribution in [2.75, 3.05) is 6.54 Å². The van der Waals surface area contributed by atoms with Crippen molar-refractivity contribution in [1.29, 1.82) is 0 Å². The Morgan fingerprint density at radius 3 is 2.16 bits per heavy atom. The van der Waals surface area contributed by atoms with Gasteiger partial charge < -0.3 is 9.84 Å². The van der Waals surface area contributed by atoms with E-state index >= 15 is 0 Å². The second kappa shape index (κ2) is 9.93. The molecule has 1 aromatic rings. The first kappa shape index (κ1) is 21.7. The predicted molar refractivity (Wildman–Crippen MR) is 103 cm³/mol. The Labute approximate surface area is 153 Å². The van der Waals surface area contributed by atoms with E-state index in [1.807, 2.05) is 26.0 Å². The number of nitrogens with zero attached hydrogens (tertiary/aromatic N) is 1. The maximum atomic E-state index is 12.0. The molecule has 25 heavy (non-hydrogen) atoms. The van der Waals surface area contributed by atoms with Crippen LogP contribution in [-0.4, -0.2) is 34.6 Å². The number of carbonyl (C=O) groups is 1. The van der Waals surface area contributed by atoms with E-state index < -0.39 is 0 Å². The zero-order chi connectivity index (χ0) is 19.1. The van der Waals surface area contributed by atoms with Crippen LogP contribution in [0.15, 0.2) is 18.2 Å². The van der Waals surface area contributed by atoms with Gasteiger partial charge in [-0.05, 0) is 69.8 Å². The zero-order valence-corrected chi connectivity index (χ0v) is 16.9. The molecule has 0 fully saturated rings. The molecule has 4 nitrogen and oxygen atoms in total. The Bertz CT molecular complexity index is 544. The number of hydrogen-bond donors (Lipinski definition) is 1. The molecule has 1 atom stereocenters. The number of esters is 1. The molecule has 0 spiro atoms. The summed E-state index contributed by atoms with van der Waals surface area (Å²) in [7, 11) is 0. The van der Waals surface area contributed by atoms with E-state index in [0.29, 0.717) is 17.8 Å². The molecule has 0 aromatic heterocycles. The molecule has 142 valence electrons. The minimum absolute atomic E-state index is 0.0117. The molecule has 0 aliphatic heterocycles. The van der Waals surface area contributed by atoms with Crippen LogP contribution in [0, 0.1) is 5.92 Å². The number of hydrogen-bond acceptors (Lipinski definition) is 4. The molecule has 0 bridgehead atoms. The lowest BCUT2D eigenvalue weighted by Gasteiger charge is -2.31. The molecule has 0 radical (unpaired) electrons. The van der Waals surface area contributed by atoms with Crippen molar-refractivity contribution >= 4 is 5.97 Å². The first-order valence-electron chi connectivity index (χ1n) is 9.38. The summed E-state index contributed by atoms with van der Waals surface area (Å²) < 4.78 is 5.60. The average molecular weight is 350 g/mol. The summed E-state index contributed by atoms with van der Waals surface area (Å²) in [6.45, 7) is 15.6. The molecule has 4 heteroatoms. The Morgan fingerprint density at radius 2 is 1.68 bits per heavy atom. The van der Waals surface area contributed by atoms with Crippen molar-refractivity contribution < 1.29 is 14.6 Å². The van der Waals surface area contributed by atoms with Gasteiger partial charge in [-0.15, -0.1) is 0 Å². The smallest absolute Gasteiger partial charge is 0.313 e. The average Bonchev–Trinajstić information content (AvgIpc) is 2.54. The number of ether oxygens (including phenoxy) is 1. The van der Waals surface area contributed by atoms with Gasteiger partial charge in [0.1, 0.15) is 5.75 Å². The first-order valence-corrected chi connectivity index (χ1v) is 9.38. The van der Waals surface area contributed by atoms with E-state index in [4.69, 9.17) is 4.74 Å². The molecule has 0 heterocycles. The number of aliphatic hydroxyl groups is 1. The van der Waals surface area contributed by atoms with Crippen LogP contribution < -0.4 is 4.74 Å². The number of aliphatic hydroxyl groups excluding tert-OH is 1. The van der Waals surface area contributed by atoms with Crippen molar-refractivity contribution in [2.24, 2.45) is 5.92 Å². The van der Waals surface area contributed by atoms with Gasteiger partial charge in [-0.2, -0.15) is 0 Å². The fraction of sp³-hybridized carbons (Fsp3) is 0.667. The van der Waals surface area contributed by atoms with E-state index in [2.05, 4.69) is 39.5 Å². The second-order valence-electron chi connectivity index (χ2n) is 7.72. The molecule has 1 N–H and O–H groups in total. The molecular weight excluding hydrogens is 314 g/mol. The fourth-order valence-electron chi connectivity index (χ4n) is 3.01. The minimum Gasteiger partial charge on any atom is -0.426 e. The number of carbonyl (C=O) groups excluding carboxylic acids is 1. The van der Waals surface area contributed by atoms with Gasteiger partial charge in [-0.1, -0.05) is 26.8 Å². The van der Waals surface area contributed by atoms with E-state index in [1.165, 1.54) is 0 Å². The van der Waals surface area contributed by atoms with Crippen LogP contribution in [0.5, 0.6) is 5.75 Å². The number of benzene rings is 1. The molecule has 0 saturated heterocycles. The molecule has 0 aliphatic carbocycles. The highest BCUT2D eigenvalue weighted by molar-refractivity contribution is 5.74. The topological polar surface area (TPSA) is 49.8 Å². The van der Waals surface area contributed by atoms with Gasteiger partial charge in [0, 0.05) is 12.1 Å². The van der Waals surface area contributed by atoms with E-state index in [-0.39, 0.29) is 24.4 Å². The van der Waals surface area contributed by atoms with Crippen LogP contribution in [0.4, 0.5) is 0 Å². The fourth-order valence-corrected chi connectivity index (χ4v) is 3.01. The Kier molecular flexibility index (Phi) is 8.60. The molecular formula is C21H35NO3. The summed E-state index contributed by atoms with van der Waals surface area (Å²) in [5.41, 5.74) is 1.84. The SMILES string of the molecule is CC(C)C(=O)Oc1ccc(CO)cc1[C@@H](C)CCN(C(C)C)C(C)C. The van der Waals surface area contributed by atoms with Crippen molar-refractivity contribution in [3.05, 3.63) is 29.3 Å². The molecule has 1 aromatic carbocycles. The van der Waals surface area contributed by atoms with E-state index in [0.717, 1.165) is 24.1 Å². The Balaban J connectivity index is 2.97. The Morgan fingerprint density at radius 1 is 1.08 bits per heavy atom. The standard InChI is InChI=1S/C21H35NO3/c1-14(2)21(24)25-20-9-8-18(13-23)12-19(20)17(7)10-11-22(15(3)4)16(5)6/h8-9,12,14-17,23H,10-11,13H2,1-7H3/t17-/m0/s1. The van der Waals surface area contributed by atoms with Crippen LogP contribution in [0.1, 0.15) is 71.9 Å². The first-order chi connectivity index (χ1) is 11.7. The van der Waals surface area contributed by atoms with Gasteiger partial charge in [0.05, 0.1) is 12.5 Å². The van der Waals surface area contributed by atoms with Crippen LogP contribution >= 0.6 is 0 Å². The third-order valence-electron chi connectivity index (χ3n) is 4.62. The van der Waals surface area contributed by atoms with Gasteiger partial charge in [0.15, 0.2) is 0 Å². The minimum atomic E-state index is -0.226. The van der Waals surface area contributed by atoms with Gasteiger partial charge in [0.25, 0.3) is 0 Å². The third-order valence-corrected chi connectivity index (χ3v) is 4.62. The van der Waals surface area contributed by atoms with Crippen LogP contribution in [0.2, 0.25) is 0 Å². The van der Waals surface area contributed by atoms with Crippen molar-refractivity contribution in [2.45, 2.75) is 79.5 Å². The molecule has 0 saturated carbocycles. The van der Waals surface area contributed by atoms with Gasteiger partial charge in [0.2, 0.25) is 0 Å². The van der Waals surface area contributed by atoms with Crippen LogP contribution in [-0.2, 0) is 11.4 Å². The van der Waals surface area contributed by atoms with Crippen LogP contribution in [0.3, 0.4) is 0 Å². The van der Waals surface area contributed by atoms with E-state index in [1.54, 1.807) is 6.07 Å². The van der Waals surface area contributed by atoms with Gasteiger partial charge in [-0.3, -0.25) is 9.69 Å². The van der Waals surface area contributed by atoms with Gasteiger partial charge >= 0.3 is 5.97 Å². The highest BCUT2D eigenvalue weighted by Crippen LogP contribution is 2.31. The lowest BCUT2D eigenvalue weighted by Crippen LogP contribution is -2.38. The second-order valence-corrected chi connectivity index (χ2v) is 7.72. The summed E-state index contributed by atoms with van der Waals surface area (Å²) in [4.78, 5) is 14.5. The quantitative estimate of drug-likeness (QED) is 0.532. The van der Waals surface area contributed by atoms with Crippen molar-refractivity contribution in [3.8, 4) is 5.75 Å². The summed E-state index contributed by atoms with van der Waals surface area (Å²) in [5.74, 6) is 0.458. The van der Waals surface area contributed by atoms with Crippen molar-refractivity contribution in [3.63, 3.8) is 0 Å². The molecule has 0 amide bonds. The molecule has 0 unspecified atom stereocenters. The predicted octanol–water partition coefficient (Wildman–Crippen LogP) is 4.35. The lowest BCUT2D eigenvalue weighted by atomic mass is 9.94. The summed E-state index contributed by atoms with van der Waals surface area (Å²) >= 11 is 0. The summed E-state index contributed by atoms with van der Waals surface area (Å²) in [6, 6.07) is 6.57. The normalized spacial score (nSPS) is 13.1. The highest BCUT2D eigenvalue weighted by Gasteiger charge is 2.19. The van der Waals surface area contributed by atoms with E-state index in [9.17, 15) is 9.90 Å². The largest absolute Gasteiger partial charge is 0.426 e. The highest BCUT2D eigenvalue weighted by atomic mass is 16.5. The zero-order valence-electron chi connectivity index (χ0n) is 16.9. The molecule has 0 aliphatic rings. The third kappa shape index (κ3) is 6.44. The Hall–Kier alpha value is -1.39. The maximum Gasteiger partial charge on any atom is 0.313 e. The van der Waals surface area contributed by atoms with Crippen LogP contribution in [0.25, 0.3) is 0 Å². The summed E-state index contributed by atoms with van der Waals surface area (Å²) in [6.07, 6.45) is 0.970. The van der Waals surface area contributed by atoms with Crippen molar-refractivity contribution in [1.82, 2.24) is 4.90 Å². The number of rotatable bonds is 9.